The lowest BCUT2D eigenvalue weighted by Crippen LogP contribution is -1.99. The predicted octanol–water partition coefficient (Wildman–Crippen LogP) is 3.10. The largest absolute Gasteiger partial charge is 0.504 e. The first-order valence-corrected chi connectivity index (χ1v) is 7.07. The summed E-state index contributed by atoms with van der Waals surface area (Å²) in [4.78, 5) is 8.99. The molecule has 23 heavy (non-hydrogen) atoms. The zero-order chi connectivity index (χ0) is 16.2. The highest BCUT2D eigenvalue weighted by Gasteiger charge is 2.04. The molecule has 6 nitrogen and oxygen atoms in total. The summed E-state index contributed by atoms with van der Waals surface area (Å²) in [5.41, 5.74) is 6.11. The molecule has 1 aromatic heterocycles. The molecule has 2 aromatic carbocycles. The van der Waals surface area contributed by atoms with Gasteiger partial charge in [-0.05, 0) is 42.8 Å². The van der Waals surface area contributed by atoms with Crippen LogP contribution >= 0.6 is 0 Å². The van der Waals surface area contributed by atoms with Crippen LogP contribution in [0.5, 0.6) is 11.5 Å². The molecule has 0 spiro atoms. The van der Waals surface area contributed by atoms with E-state index in [9.17, 15) is 5.11 Å². The number of hydrazone groups is 1. The molecule has 0 radical (unpaired) electrons. The van der Waals surface area contributed by atoms with Crippen molar-refractivity contribution in [3.8, 4) is 11.5 Å². The van der Waals surface area contributed by atoms with Gasteiger partial charge in [-0.2, -0.15) is 5.10 Å². The Morgan fingerprint density at radius 2 is 1.87 bits per heavy atom. The summed E-state index contributed by atoms with van der Waals surface area (Å²) in [7, 11) is 1.50. The van der Waals surface area contributed by atoms with Crippen molar-refractivity contribution in [1.29, 1.82) is 0 Å². The SMILES string of the molecule is COc1cc(/C=N\Nc2nc3ccccc3nc2C)ccc1O. The highest BCUT2D eigenvalue weighted by atomic mass is 16.5. The van der Waals surface area contributed by atoms with Gasteiger partial charge in [0, 0.05) is 0 Å². The molecular weight excluding hydrogens is 292 g/mol. The first-order valence-electron chi connectivity index (χ1n) is 7.07. The number of phenolic OH excluding ortho intramolecular Hbond substituents is 1. The Morgan fingerprint density at radius 3 is 2.61 bits per heavy atom. The van der Waals surface area contributed by atoms with Gasteiger partial charge in [0.25, 0.3) is 0 Å². The van der Waals surface area contributed by atoms with E-state index in [2.05, 4.69) is 20.5 Å². The molecule has 0 atom stereocenters. The number of phenols is 1. The Kier molecular flexibility index (Phi) is 4.05. The van der Waals surface area contributed by atoms with Gasteiger partial charge in [-0.3, -0.25) is 5.43 Å². The van der Waals surface area contributed by atoms with Gasteiger partial charge in [-0.1, -0.05) is 12.1 Å². The number of aryl methyl sites for hydroxylation is 1. The molecule has 0 unspecified atom stereocenters. The van der Waals surface area contributed by atoms with Crippen LogP contribution in [0, 0.1) is 6.92 Å². The minimum atomic E-state index is 0.0915. The smallest absolute Gasteiger partial charge is 0.168 e. The maximum Gasteiger partial charge on any atom is 0.168 e. The van der Waals surface area contributed by atoms with E-state index >= 15 is 0 Å². The number of para-hydroxylation sites is 2. The van der Waals surface area contributed by atoms with E-state index in [1.165, 1.54) is 7.11 Å². The van der Waals surface area contributed by atoms with Gasteiger partial charge in [0.1, 0.15) is 0 Å². The van der Waals surface area contributed by atoms with E-state index in [-0.39, 0.29) is 5.75 Å². The Balaban J connectivity index is 1.81. The summed E-state index contributed by atoms with van der Waals surface area (Å²) >= 11 is 0. The number of aromatic hydroxyl groups is 1. The minimum absolute atomic E-state index is 0.0915. The quantitative estimate of drug-likeness (QED) is 0.572. The Labute approximate surface area is 133 Å². The van der Waals surface area contributed by atoms with Crippen molar-refractivity contribution in [3.05, 3.63) is 53.7 Å². The fraction of sp³-hybridized carbons (Fsp3) is 0.118. The molecule has 1 heterocycles. The number of fused-ring (bicyclic) bond motifs is 1. The molecule has 3 rings (SSSR count). The lowest BCUT2D eigenvalue weighted by Gasteiger charge is -2.06. The average molecular weight is 308 g/mol. The zero-order valence-corrected chi connectivity index (χ0v) is 12.8. The molecular formula is C17H16N4O2. The third kappa shape index (κ3) is 3.21. The van der Waals surface area contributed by atoms with Crippen molar-refractivity contribution in [2.24, 2.45) is 5.10 Å². The van der Waals surface area contributed by atoms with Crippen LogP contribution in [-0.4, -0.2) is 28.4 Å². The molecule has 0 aliphatic rings. The maximum absolute atomic E-state index is 9.57. The van der Waals surface area contributed by atoms with Crippen molar-refractivity contribution in [2.75, 3.05) is 12.5 Å². The number of benzene rings is 2. The van der Waals surface area contributed by atoms with E-state index in [1.54, 1.807) is 24.4 Å². The number of nitrogens with zero attached hydrogens (tertiary/aromatic N) is 3. The van der Waals surface area contributed by atoms with Gasteiger partial charge in [0.15, 0.2) is 17.3 Å². The first kappa shape index (κ1) is 14.8. The standard InChI is InChI=1S/C17H16N4O2/c1-11-17(20-14-6-4-3-5-13(14)19-11)21-18-10-12-7-8-15(22)16(9-12)23-2/h3-10,22H,1-2H3,(H,20,21)/b18-10-. The summed E-state index contributed by atoms with van der Waals surface area (Å²) in [5.74, 6) is 1.09. The van der Waals surface area contributed by atoms with Crippen LogP contribution in [0.1, 0.15) is 11.3 Å². The number of anilines is 1. The number of methoxy groups -OCH3 is 1. The maximum atomic E-state index is 9.57. The van der Waals surface area contributed by atoms with Crippen LogP contribution in [0.2, 0.25) is 0 Å². The monoisotopic (exact) mass is 308 g/mol. The van der Waals surface area contributed by atoms with Gasteiger partial charge in [-0.15, -0.1) is 0 Å². The number of aromatic nitrogens is 2. The Bertz CT molecular complexity index is 878. The second kappa shape index (κ2) is 6.31. The summed E-state index contributed by atoms with van der Waals surface area (Å²) in [5, 5.41) is 13.7. The molecule has 0 amide bonds. The van der Waals surface area contributed by atoms with Crippen molar-refractivity contribution < 1.29 is 9.84 Å². The normalized spacial score (nSPS) is 11.0. The van der Waals surface area contributed by atoms with Crippen molar-refractivity contribution in [3.63, 3.8) is 0 Å². The summed E-state index contributed by atoms with van der Waals surface area (Å²) in [6.45, 7) is 1.88. The molecule has 0 aliphatic carbocycles. The molecule has 0 saturated heterocycles. The van der Waals surface area contributed by atoms with Crippen LogP contribution < -0.4 is 10.2 Å². The second-order valence-corrected chi connectivity index (χ2v) is 4.95. The lowest BCUT2D eigenvalue weighted by molar-refractivity contribution is 0.373. The average Bonchev–Trinajstić information content (AvgIpc) is 2.56. The third-order valence-electron chi connectivity index (χ3n) is 3.33. The van der Waals surface area contributed by atoms with Crippen LogP contribution in [0.4, 0.5) is 5.82 Å². The molecule has 2 N–H and O–H groups in total. The number of rotatable bonds is 4. The van der Waals surface area contributed by atoms with E-state index in [0.717, 1.165) is 22.3 Å². The van der Waals surface area contributed by atoms with Gasteiger partial charge in [0.2, 0.25) is 0 Å². The fourth-order valence-corrected chi connectivity index (χ4v) is 2.14. The molecule has 3 aromatic rings. The van der Waals surface area contributed by atoms with Crippen LogP contribution in [0.3, 0.4) is 0 Å². The van der Waals surface area contributed by atoms with E-state index in [4.69, 9.17) is 4.74 Å². The number of hydrogen-bond acceptors (Lipinski definition) is 6. The fourth-order valence-electron chi connectivity index (χ4n) is 2.14. The Hall–Kier alpha value is -3.15. The molecule has 0 fully saturated rings. The molecule has 0 aliphatic heterocycles. The van der Waals surface area contributed by atoms with Gasteiger partial charge >= 0.3 is 0 Å². The first-order chi connectivity index (χ1) is 11.2. The van der Waals surface area contributed by atoms with Crippen LogP contribution in [0.25, 0.3) is 11.0 Å². The summed E-state index contributed by atoms with van der Waals surface area (Å²) < 4.78 is 5.06. The Morgan fingerprint density at radius 1 is 1.13 bits per heavy atom. The van der Waals surface area contributed by atoms with Gasteiger partial charge in [-0.25, -0.2) is 9.97 Å². The number of ether oxygens (including phenoxy) is 1. The molecule has 0 saturated carbocycles. The predicted molar refractivity (Wildman–Crippen MR) is 90.2 cm³/mol. The van der Waals surface area contributed by atoms with Crippen molar-refractivity contribution in [2.45, 2.75) is 6.92 Å². The van der Waals surface area contributed by atoms with Crippen molar-refractivity contribution >= 4 is 23.1 Å². The van der Waals surface area contributed by atoms with E-state index in [1.807, 2.05) is 31.2 Å². The van der Waals surface area contributed by atoms with Crippen molar-refractivity contribution in [1.82, 2.24) is 9.97 Å². The van der Waals surface area contributed by atoms with E-state index in [0.29, 0.717) is 11.6 Å². The molecule has 6 heteroatoms. The second-order valence-electron chi connectivity index (χ2n) is 4.95. The molecule has 0 bridgehead atoms. The van der Waals surface area contributed by atoms with Gasteiger partial charge in [0.05, 0.1) is 30.1 Å². The molecule has 116 valence electrons. The lowest BCUT2D eigenvalue weighted by atomic mass is 10.2. The highest BCUT2D eigenvalue weighted by Crippen LogP contribution is 2.25. The summed E-state index contributed by atoms with van der Waals surface area (Å²) in [6.07, 6.45) is 1.62. The van der Waals surface area contributed by atoms with E-state index < -0.39 is 0 Å². The minimum Gasteiger partial charge on any atom is -0.504 e. The number of nitrogens with one attached hydrogen (secondary N) is 1. The van der Waals surface area contributed by atoms with Gasteiger partial charge < -0.3 is 9.84 Å². The zero-order valence-electron chi connectivity index (χ0n) is 12.8. The topological polar surface area (TPSA) is 79.6 Å². The summed E-state index contributed by atoms with van der Waals surface area (Å²) in [6, 6.07) is 12.7. The van der Waals surface area contributed by atoms with Crippen LogP contribution in [0.15, 0.2) is 47.6 Å². The van der Waals surface area contributed by atoms with Crippen LogP contribution in [-0.2, 0) is 0 Å². The third-order valence-corrected chi connectivity index (χ3v) is 3.33. The highest BCUT2D eigenvalue weighted by molar-refractivity contribution is 5.82. The number of hydrogen-bond donors (Lipinski definition) is 2.